The number of rotatable bonds is 7. The van der Waals surface area contributed by atoms with E-state index in [9.17, 15) is 33.2 Å². The van der Waals surface area contributed by atoms with Crippen molar-refractivity contribution in [3.8, 4) is 0 Å². The molecule has 10 heteroatoms. The number of amides is 1. The van der Waals surface area contributed by atoms with Gasteiger partial charge in [0.15, 0.2) is 5.72 Å². The van der Waals surface area contributed by atoms with Gasteiger partial charge in [0, 0.05) is 11.6 Å². The Morgan fingerprint density at radius 2 is 1.84 bits per heavy atom. The van der Waals surface area contributed by atoms with Gasteiger partial charge in [0.05, 0.1) is 11.3 Å². The van der Waals surface area contributed by atoms with E-state index in [-0.39, 0.29) is 5.56 Å². The first-order valence-electron chi connectivity index (χ1n) is 10.1. The van der Waals surface area contributed by atoms with E-state index in [1.165, 1.54) is 24.3 Å². The summed E-state index contributed by atoms with van der Waals surface area (Å²) in [6, 6.07) is 11.1. The molecule has 7 nitrogen and oxygen atoms in total. The van der Waals surface area contributed by atoms with Crippen molar-refractivity contribution in [2.24, 2.45) is 5.10 Å². The summed E-state index contributed by atoms with van der Waals surface area (Å²) >= 11 is 0. The fraction of sp³-hybridized carbons (Fsp3) is 0.364. The summed E-state index contributed by atoms with van der Waals surface area (Å²) in [5, 5.41) is 26.2. The summed E-state index contributed by atoms with van der Waals surface area (Å²) in [6.07, 6.45) is -2.08. The van der Waals surface area contributed by atoms with E-state index in [2.05, 4.69) is 12.0 Å². The minimum absolute atomic E-state index is 0.0340. The molecule has 0 fully saturated rings. The van der Waals surface area contributed by atoms with Crippen molar-refractivity contribution in [3.05, 3.63) is 75.3 Å². The van der Waals surface area contributed by atoms with Crippen LogP contribution in [-0.2, 0) is 12.1 Å². The maximum Gasteiger partial charge on any atom is 0.431 e. The maximum atomic E-state index is 13.4. The van der Waals surface area contributed by atoms with Gasteiger partial charge in [-0.2, -0.15) is 23.3 Å². The van der Waals surface area contributed by atoms with Crippen molar-refractivity contribution in [2.45, 2.75) is 50.9 Å². The van der Waals surface area contributed by atoms with Crippen LogP contribution >= 0.6 is 0 Å². The Balaban J connectivity index is 2.00. The molecule has 32 heavy (non-hydrogen) atoms. The van der Waals surface area contributed by atoms with Crippen molar-refractivity contribution in [1.82, 2.24) is 5.01 Å². The molecule has 0 aliphatic carbocycles. The third-order valence-corrected chi connectivity index (χ3v) is 5.32. The largest absolute Gasteiger partial charge is 0.431 e. The maximum absolute atomic E-state index is 13.4. The topological polar surface area (TPSA) is 96.0 Å². The second kappa shape index (κ2) is 9.07. The van der Waals surface area contributed by atoms with Crippen LogP contribution in [0.4, 0.5) is 18.9 Å². The van der Waals surface area contributed by atoms with E-state index in [4.69, 9.17) is 0 Å². The highest BCUT2D eigenvalue weighted by Gasteiger charge is 2.53. The number of carbonyl (C=O) groups excluding carboxylic acids is 1. The number of nitrogens with zero attached hydrogens (tertiary/aromatic N) is 3. The Morgan fingerprint density at radius 3 is 2.44 bits per heavy atom. The molecule has 0 spiro atoms. The molecule has 0 aromatic heterocycles. The van der Waals surface area contributed by atoms with E-state index < -0.39 is 46.1 Å². The van der Waals surface area contributed by atoms with E-state index in [0.717, 1.165) is 43.4 Å². The first-order chi connectivity index (χ1) is 15.1. The minimum Gasteiger partial charge on any atom is -0.365 e. The first kappa shape index (κ1) is 23.4. The van der Waals surface area contributed by atoms with Crippen LogP contribution in [0.25, 0.3) is 0 Å². The molecule has 0 unspecified atom stereocenters. The Kier molecular flexibility index (Phi) is 6.63. The molecule has 1 aliphatic rings. The minimum atomic E-state index is -4.88. The molecule has 1 atom stereocenters. The number of carbonyl (C=O) groups is 1. The number of nitro benzene ring substituents is 1. The molecule has 1 heterocycles. The molecule has 2 aromatic rings. The van der Waals surface area contributed by atoms with Crippen LogP contribution in [0.3, 0.4) is 0 Å². The van der Waals surface area contributed by atoms with Crippen molar-refractivity contribution in [1.29, 1.82) is 0 Å². The van der Waals surface area contributed by atoms with Gasteiger partial charge >= 0.3 is 6.18 Å². The van der Waals surface area contributed by atoms with Crippen LogP contribution in [0.2, 0.25) is 0 Å². The lowest BCUT2D eigenvalue weighted by atomic mass is 9.94. The summed E-state index contributed by atoms with van der Waals surface area (Å²) in [4.78, 5) is 23.5. The Morgan fingerprint density at radius 1 is 1.19 bits per heavy atom. The number of hydrazone groups is 1. The molecular weight excluding hydrogens is 427 g/mol. The van der Waals surface area contributed by atoms with Gasteiger partial charge in [-0.25, -0.2) is 0 Å². The van der Waals surface area contributed by atoms with Gasteiger partial charge in [0.25, 0.3) is 11.6 Å². The number of nitro groups is 1. The second-order valence-corrected chi connectivity index (χ2v) is 7.58. The zero-order chi connectivity index (χ0) is 23.5. The van der Waals surface area contributed by atoms with Crippen molar-refractivity contribution < 1.29 is 28.0 Å². The number of benzene rings is 2. The lowest BCUT2D eigenvalue weighted by molar-refractivity contribution is -0.385. The van der Waals surface area contributed by atoms with Gasteiger partial charge in [-0.05, 0) is 24.5 Å². The van der Waals surface area contributed by atoms with Crippen LogP contribution < -0.4 is 0 Å². The highest BCUT2D eigenvalue weighted by Crippen LogP contribution is 2.41. The molecular formula is C22H22F3N3O4. The fourth-order valence-corrected chi connectivity index (χ4v) is 3.59. The molecule has 0 bridgehead atoms. The van der Waals surface area contributed by atoms with E-state index in [1.54, 1.807) is 12.1 Å². The average molecular weight is 449 g/mol. The predicted molar refractivity (Wildman–Crippen MR) is 111 cm³/mol. The highest BCUT2D eigenvalue weighted by atomic mass is 19.4. The SMILES string of the molecule is CCCCCc1ccc([C@]2(O)CC(C(F)(F)F)=NN2C(=O)c2ccccc2[N+](=O)[O-])cc1. The standard InChI is InChI=1S/C22H22F3N3O4/c1-2-3-4-7-15-10-12-16(13-11-15)21(30)14-19(22(23,24)25)26-27(21)20(29)17-8-5-6-9-18(17)28(31)32/h5-6,8-13,30H,2-4,7,14H2,1H3/t21-/m1/s1. The van der Waals surface area contributed by atoms with Gasteiger partial charge < -0.3 is 5.11 Å². The zero-order valence-electron chi connectivity index (χ0n) is 17.3. The van der Waals surface area contributed by atoms with Gasteiger partial charge in [-0.3, -0.25) is 14.9 Å². The predicted octanol–water partition coefficient (Wildman–Crippen LogP) is 4.94. The lowest BCUT2D eigenvalue weighted by Crippen LogP contribution is -2.44. The van der Waals surface area contributed by atoms with Gasteiger partial charge in [-0.15, -0.1) is 0 Å². The summed E-state index contributed by atoms with van der Waals surface area (Å²) in [7, 11) is 0. The van der Waals surface area contributed by atoms with Crippen LogP contribution in [0, 0.1) is 10.1 Å². The summed E-state index contributed by atoms with van der Waals surface area (Å²) < 4.78 is 40.2. The first-order valence-corrected chi connectivity index (χ1v) is 10.1. The third-order valence-electron chi connectivity index (χ3n) is 5.32. The fourth-order valence-electron chi connectivity index (χ4n) is 3.59. The van der Waals surface area contributed by atoms with Crippen molar-refractivity contribution in [3.63, 3.8) is 0 Å². The van der Waals surface area contributed by atoms with Gasteiger partial charge in [0.1, 0.15) is 11.3 Å². The van der Waals surface area contributed by atoms with Crippen molar-refractivity contribution in [2.75, 3.05) is 0 Å². The van der Waals surface area contributed by atoms with Gasteiger partial charge in [0.2, 0.25) is 0 Å². The van der Waals surface area contributed by atoms with Crippen LogP contribution in [-0.4, -0.2) is 32.8 Å². The summed E-state index contributed by atoms with van der Waals surface area (Å²) in [6.45, 7) is 2.07. The monoisotopic (exact) mass is 449 g/mol. The Labute approximate surface area is 182 Å². The number of hydrogen-bond acceptors (Lipinski definition) is 5. The number of aliphatic hydroxyl groups is 1. The Bertz CT molecular complexity index is 1040. The Hall–Kier alpha value is -3.27. The van der Waals surface area contributed by atoms with Crippen LogP contribution in [0.5, 0.6) is 0 Å². The second-order valence-electron chi connectivity index (χ2n) is 7.58. The van der Waals surface area contributed by atoms with E-state index in [0.29, 0.717) is 5.01 Å². The molecule has 0 saturated carbocycles. The average Bonchev–Trinajstić information content (AvgIpc) is 3.13. The van der Waals surface area contributed by atoms with Crippen molar-refractivity contribution >= 4 is 17.3 Å². The number of aryl methyl sites for hydroxylation is 1. The number of unbranched alkanes of at least 4 members (excludes halogenated alkanes) is 2. The quantitative estimate of drug-likeness (QED) is 0.368. The number of para-hydroxylation sites is 1. The summed E-state index contributed by atoms with van der Waals surface area (Å²) in [5.74, 6) is -1.20. The number of hydrogen-bond donors (Lipinski definition) is 1. The molecule has 0 radical (unpaired) electrons. The molecule has 3 rings (SSSR count). The normalized spacial score (nSPS) is 18.5. The number of halogens is 3. The van der Waals surface area contributed by atoms with Crippen LogP contribution in [0.1, 0.15) is 54.1 Å². The molecule has 2 aromatic carbocycles. The molecule has 1 aliphatic heterocycles. The summed E-state index contributed by atoms with van der Waals surface area (Å²) in [5.41, 5.74) is -3.88. The highest BCUT2D eigenvalue weighted by molar-refractivity contribution is 6.02. The number of alkyl halides is 3. The zero-order valence-corrected chi connectivity index (χ0v) is 17.3. The van der Waals surface area contributed by atoms with E-state index in [1.807, 2.05) is 0 Å². The molecule has 1 amide bonds. The third kappa shape index (κ3) is 4.64. The molecule has 0 saturated heterocycles. The molecule has 1 N–H and O–H groups in total. The van der Waals surface area contributed by atoms with Crippen LogP contribution in [0.15, 0.2) is 53.6 Å². The van der Waals surface area contributed by atoms with Gasteiger partial charge in [-0.1, -0.05) is 56.2 Å². The molecule has 170 valence electrons. The smallest absolute Gasteiger partial charge is 0.365 e. The van der Waals surface area contributed by atoms with E-state index >= 15 is 0 Å². The lowest BCUT2D eigenvalue weighted by Gasteiger charge is -2.31.